The van der Waals surface area contributed by atoms with Gasteiger partial charge in [-0.25, -0.2) is 4.79 Å². The van der Waals surface area contributed by atoms with Crippen molar-refractivity contribution in [2.24, 2.45) is 0 Å². The zero-order valence-corrected chi connectivity index (χ0v) is 7.86. The maximum atomic E-state index is 11.3. The van der Waals surface area contributed by atoms with Gasteiger partial charge in [0.25, 0.3) is 0 Å². The highest BCUT2D eigenvalue weighted by molar-refractivity contribution is 5.90. The van der Waals surface area contributed by atoms with Gasteiger partial charge in [-0.05, 0) is 13.5 Å². The second-order valence-corrected chi connectivity index (χ2v) is 3.45. The van der Waals surface area contributed by atoms with Crippen molar-refractivity contribution in [1.29, 1.82) is 0 Å². The molecular weight excluding hydrogens is 166 g/mol. The molecule has 2 aliphatic rings. The molecule has 2 heterocycles. The summed E-state index contributed by atoms with van der Waals surface area (Å²) in [5, 5.41) is 0. The van der Waals surface area contributed by atoms with Crippen molar-refractivity contribution in [3.05, 3.63) is 23.8 Å². The third-order valence-electron chi connectivity index (χ3n) is 2.80. The van der Waals surface area contributed by atoms with Crippen molar-refractivity contribution in [3.63, 3.8) is 0 Å². The minimum Gasteiger partial charge on any atom is -0.466 e. The number of carbonyl (C=O) groups is 1. The molecule has 2 atom stereocenters. The molecule has 0 N–H and O–H groups in total. The molecule has 0 spiro atoms. The highest BCUT2D eigenvalue weighted by atomic mass is 16.5. The van der Waals surface area contributed by atoms with Crippen LogP contribution in [0.1, 0.15) is 6.42 Å². The second kappa shape index (κ2) is 3.00. The zero-order chi connectivity index (χ0) is 9.42. The number of rotatable bonds is 1. The predicted molar refractivity (Wildman–Crippen MR) is 49.2 cm³/mol. The number of fused-ring (bicyclic) bond motifs is 2. The third kappa shape index (κ3) is 1.20. The lowest BCUT2D eigenvalue weighted by Gasteiger charge is -2.30. The van der Waals surface area contributed by atoms with Crippen molar-refractivity contribution in [2.45, 2.75) is 18.5 Å². The third-order valence-corrected chi connectivity index (χ3v) is 2.80. The molecule has 0 unspecified atom stereocenters. The summed E-state index contributed by atoms with van der Waals surface area (Å²) in [7, 11) is 3.46. The number of likely N-dealkylation sites (N-methyl/N-ethyl adjacent to an activating group) is 1. The van der Waals surface area contributed by atoms with Crippen LogP contribution in [0.3, 0.4) is 0 Å². The Hall–Kier alpha value is -1.09. The molecule has 0 radical (unpaired) electrons. The van der Waals surface area contributed by atoms with Gasteiger partial charge < -0.3 is 4.74 Å². The minimum absolute atomic E-state index is 0.131. The van der Waals surface area contributed by atoms with Crippen molar-refractivity contribution in [3.8, 4) is 0 Å². The van der Waals surface area contributed by atoms with Crippen molar-refractivity contribution in [2.75, 3.05) is 14.2 Å². The lowest BCUT2D eigenvalue weighted by atomic mass is 10.0. The summed E-state index contributed by atoms with van der Waals surface area (Å²) in [4.78, 5) is 13.5. The number of hydrogen-bond acceptors (Lipinski definition) is 3. The van der Waals surface area contributed by atoms with Gasteiger partial charge in [-0.2, -0.15) is 0 Å². The van der Waals surface area contributed by atoms with Crippen LogP contribution in [0.4, 0.5) is 0 Å². The van der Waals surface area contributed by atoms with Crippen LogP contribution in [-0.4, -0.2) is 37.1 Å². The Balaban J connectivity index is 2.26. The molecule has 2 bridgehead atoms. The van der Waals surface area contributed by atoms with E-state index >= 15 is 0 Å². The molecule has 0 saturated carbocycles. The Morgan fingerprint density at radius 2 is 2.38 bits per heavy atom. The van der Waals surface area contributed by atoms with E-state index in [1.54, 1.807) is 0 Å². The largest absolute Gasteiger partial charge is 0.466 e. The van der Waals surface area contributed by atoms with E-state index in [2.05, 4.69) is 17.1 Å². The topological polar surface area (TPSA) is 29.5 Å². The SMILES string of the molecule is COC(=O)C1=CC[C@@H]2C=C[C@H]1N2C. The predicted octanol–water partition coefficient (Wildman–Crippen LogP) is 0.728. The Morgan fingerprint density at radius 3 is 3.08 bits per heavy atom. The quantitative estimate of drug-likeness (QED) is 0.439. The molecule has 0 aliphatic carbocycles. The molecule has 0 aromatic rings. The van der Waals surface area contributed by atoms with Crippen LogP contribution in [0.15, 0.2) is 23.8 Å². The van der Waals surface area contributed by atoms with Crippen LogP contribution in [0.2, 0.25) is 0 Å². The van der Waals surface area contributed by atoms with E-state index in [1.807, 2.05) is 13.1 Å². The van der Waals surface area contributed by atoms with E-state index in [0.717, 1.165) is 12.0 Å². The maximum absolute atomic E-state index is 11.3. The first-order valence-corrected chi connectivity index (χ1v) is 4.42. The van der Waals surface area contributed by atoms with Gasteiger partial charge in [0.1, 0.15) is 0 Å². The van der Waals surface area contributed by atoms with Gasteiger partial charge in [0.05, 0.1) is 18.7 Å². The average molecular weight is 179 g/mol. The molecule has 3 heteroatoms. The molecule has 2 aliphatic heterocycles. The first-order chi connectivity index (χ1) is 6.24. The van der Waals surface area contributed by atoms with E-state index in [4.69, 9.17) is 4.74 Å². The van der Waals surface area contributed by atoms with E-state index < -0.39 is 0 Å². The summed E-state index contributed by atoms with van der Waals surface area (Å²) < 4.78 is 4.72. The summed E-state index contributed by atoms with van der Waals surface area (Å²) in [6.45, 7) is 0. The van der Waals surface area contributed by atoms with Crippen LogP contribution in [0.25, 0.3) is 0 Å². The fraction of sp³-hybridized carbons (Fsp3) is 0.500. The molecule has 0 saturated heterocycles. The zero-order valence-electron chi connectivity index (χ0n) is 7.86. The van der Waals surface area contributed by atoms with Crippen molar-refractivity contribution < 1.29 is 9.53 Å². The molecule has 3 nitrogen and oxygen atoms in total. The van der Waals surface area contributed by atoms with E-state index in [-0.39, 0.29) is 12.0 Å². The molecule has 0 aromatic heterocycles. The Kier molecular flexibility index (Phi) is 1.96. The second-order valence-electron chi connectivity index (χ2n) is 3.45. The van der Waals surface area contributed by atoms with E-state index in [9.17, 15) is 4.79 Å². The molecule has 70 valence electrons. The van der Waals surface area contributed by atoms with E-state index in [0.29, 0.717) is 6.04 Å². The number of ether oxygens (including phenoxy) is 1. The lowest BCUT2D eigenvalue weighted by Crippen LogP contribution is -2.39. The van der Waals surface area contributed by atoms with Gasteiger partial charge in [0.15, 0.2) is 0 Å². The summed E-state index contributed by atoms with van der Waals surface area (Å²) in [5.41, 5.74) is 0.773. The standard InChI is InChI=1S/C10H13NO2/c1-11-7-3-5-8(10(12)13-2)9(11)6-4-7/h4-7,9H,3H2,1-2H3/t7-,9-/m1/s1. The molecule has 0 fully saturated rings. The molecule has 13 heavy (non-hydrogen) atoms. The summed E-state index contributed by atoms with van der Waals surface area (Å²) in [6.07, 6.45) is 7.12. The van der Waals surface area contributed by atoms with Crippen LogP contribution >= 0.6 is 0 Å². The monoisotopic (exact) mass is 179 g/mol. The Bertz CT molecular complexity index is 293. The van der Waals surface area contributed by atoms with Crippen molar-refractivity contribution >= 4 is 5.97 Å². The first kappa shape index (κ1) is 8.51. The fourth-order valence-electron chi connectivity index (χ4n) is 1.97. The number of methoxy groups -OCH3 is 1. The average Bonchev–Trinajstić information content (AvgIpc) is 2.41. The molecule has 0 aromatic carbocycles. The number of carbonyl (C=O) groups excluding carboxylic acids is 1. The van der Waals surface area contributed by atoms with Crippen LogP contribution in [-0.2, 0) is 9.53 Å². The minimum atomic E-state index is -0.207. The molecule has 0 amide bonds. The van der Waals surface area contributed by atoms with Gasteiger partial charge in [0, 0.05) is 6.04 Å². The highest BCUT2D eigenvalue weighted by Gasteiger charge is 2.34. The number of hydrogen-bond donors (Lipinski definition) is 0. The fourth-order valence-corrected chi connectivity index (χ4v) is 1.97. The van der Waals surface area contributed by atoms with Crippen molar-refractivity contribution in [1.82, 2.24) is 4.90 Å². The molecular formula is C10H13NO2. The van der Waals surface area contributed by atoms with Gasteiger partial charge in [0.2, 0.25) is 0 Å². The highest BCUT2D eigenvalue weighted by Crippen LogP contribution is 2.29. The summed E-state index contributed by atoms with van der Waals surface area (Å²) in [6, 6.07) is 0.601. The summed E-state index contributed by atoms with van der Waals surface area (Å²) >= 11 is 0. The smallest absolute Gasteiger partial charge is 0.335 e. The lowest BCUT2D eigenvalue weighted by molar-refractivity contribution is -0.136. The van der Waals surface area contributed by atoms with Gasteiger partial charge in [-0.15, -0.1) is 0 Å². The summed E-state index contributed by atoms with van der Waals surface area (Å²) in [5.74, 6) is -0.207. The normalized spacial score (nSPS) is 31.7. The van der Waals surface area contributed by atoms with E-state index in [1.165, 1.54) is 7.11 Å². The molecule has 2 rings (SSSR count). The number of esters is 1. The van der Waals surface area contributed by atoms with Gasteiger partial charge in [-0.3, -0.25) is 4.90 Å². The Labute approximate surface area is 77.7 Å². The van der Waals surface area contributed by atoms with Crippen LogP contribution in [0, 0.1) is 0 Å². The van der Waals surface area contributed by atoms with Crippen LogP contribution in [0.5, 0.6) is 0 Å². The first-order valence-electron chi connectivity index (χ1n) is 4.42. The Morgan fingerprint density at radius 1 is 1.62 bits per heavy atom. The van der Waals surface area contributed by atoms with Gasteiger partial charge in [-0.1, -0.05) is 18.2 Å². The van der Waals surface area contributed by atoms with Gasteiger partial charge >= 0.3 is 5.97 Å². The van der Waals surface area contributed by atoms with Crippen LogP contribution < -0.4 is 0 Å². The number of nitrogens with zero attached hydrogens (tertiary/aromatic N) is 1. The maximum Gasteiger partial charge on any atom is 0.335 e.